The molecule has 1 aromatic carbocycles. The van der Waals surface area contributed by atoms with Crippen LogP contribution in [0.25, 0.3) is 0 Å². The molecule has 4 rings (SSSR count). The van der Waals surface area contributed by atoms with Gasteiger partial charge in [0.2, 0.25) is 0 Å². The van der Waals surface area contributed by atoms with Crippen LogP contribution >= 0.6 is 0 Å². The molecule has 2 aromatic rings. The number of hydrogen-bond acceptors (Lipinski definition) is 4. The highest BCUT2D eigenvalue weighted by atomic mass is 16.2. The van der Waals surface area contributed by atoms with E-state index in [9.17, 15) is 4.79 Å². The van der Waals surface area contributed by atoms with Crippen LogP contribution in [0.4, 0.5) is 11.4 Å². The summed E-state index contributed by atoms with van der Waals surface area (Å²) < 4.78 is 0. The van der Waals surface area contributed by atoms with Gasteiger partial charge in [0, 0.05) is 44.5 Å². The Hall–Kier alpha value is -2.56. The minimum absolute atomic E-state index is 0.0902. The molecule has 1 atom stereocenters. The van der Waals surface area contributed by atoms with Gasteiger partial charge in [-0.25, -0.2) is 4.98 Å². The minimum atomic E-state index is 0.0902. The summed E-state index contributed by atoms with van der Waals surface area (Å²) >= 11 is 0. The molecule has 0 spiro atoms. The van der Waals surface area contributed by atoms with Gasteiger partial charge in [0.05, 0.1) is 11.9 Å². The highest BCUT2D eigenvalue weighted by Crippen LogP contribution is 2.23. The van der Waals surface area contributed by atoms with Gasteiger partial charge in [0.15, 0.2) is 0 Å². The SMILES string of the molecule is CCC1CCCCN1C(=O)c1ccc(N2CCN(c3cccc(C)c3)CC2)cn1. The van der Waals surface area contributed by atoms with Crippen LogP contribution in [0.1, 0.15) is 48.7 Å². The maximum absolute atomic E-state index is 12.9. The quantitative estimate of drug-likeness (QED) is 0.785. The molecule has 0 bridgehead atoms. The van der Waals surface area contributed by atoms with Gasteiger partial charge in [0.25, 0.3) is 5.91 Å². The Morgan fingerprint density at radius 2 is 1.76 bits per heavy atom. The van der Waals surface area contributed by atoms with Crippen molar-refractivity contribution in [3.05, 3.63) is 53.9 Å². The molecule has 2 aliphatic rings. The fourth-order valence-corrected chi connectivity index (χ4v) is 4.59. The number of likely N-dealkylation sites (tertiary alicyclic amines) is 1. The Morgan fingerprint density at radius 1 is 1.00 bits per heavy atom. The van der Waals surface area contributed by atoms with E-state index in [0.717, 1.165) is 57.7 Å². The molecule has 2 aliphatic heterocycles. The van der Waals surface area contributed by atoms with Crippen molar-refractivity contribution in [1.29, 1.82) is 0 Å². The predicted molar refractivity (Wildman–Crippen MR) is 119 cm³/mol. The van der Waals surface area contributed by atoms with Gasteiger partial charge in [-0.05, 0) is 62.4 Å². The van der Waals surface area contributed by atoms with Gasteiger partial charge in [-0.1, -0.05) is 19.1 Å². The first-order valence-corrected chi connectivity index (χ1v) is 11.0. The first-order valence-electron chi connectivity index (χ1n) is 11.0. The summed E-state index contributed by atoms with van der Waals surface area (Å²) in [5, 5.41) is 0. The van der Waals surface area contributed by atoms with Crippen LogP contribution in [-0.2, 0) is 0 Å². The molecule has 3 heterocycles. The molecule has 1 aromatic heterocycles. The van der Waals surface area contributed by atoms with Gasteiger partial charge in [0.1, 0.15) is 5.69 Å². The number of nitrogens with zero attached hydrogens (tertiary/aromatic N) is 4. The summed E-state index contributed by atoms with van der Waals surface area (Å²) in [6.07, 6.45) is 6.34. The second-order valence-electron chi connectivity index (χ2n) is 8.27. The normalized spacial score (nSPS) is 20.1. The zero-order chi connectivity index (χ0) is 20.2. The van der Waals surface area contributed by atoms with E-state index in [2.05, 4.69) is 59.0 Å². The number of aromatic nitrogens is 1. The zero-order valence-corrected chi connectivity index (χ0v) is 17.7. The highest BCUT2D eigenvalue weighted by molar-refractivity contribution is 5.92. The Bertz CT molecular complexity index is 827. The molecule has 5 heteroatoms. The van der Waals surface area contributed by atoms with E-state index in [-0.39, 0.29) is 5.91 Å². The molecule has 29 heavy (non-hydrogen) atoms. The number of pyridine rings is 1. The van der Waals surface area contributed by atoms with Crippen molar-refractivity contribution in [3.63, 3.8) is 0 Å². The molecule has 2 fully saturated rings. The number of anilines is 2. The van der Waals surface area contributed by atoms with Crippen LogP contribution < -0.4 is 9.80 Å². The lowest BCUT2D eigenvalue weighted by Gasteiger charge is -2.37. The summed E-state index contributed by atoms with van der Waals surface area (Å²) in [6, 6.07) is 13.0. The monoisotopic (exact) mass is 392 g/mol. The number of benzene rings is 1. The van der Waals surface area contributed by atoms with Crippen LogP contribution in [0.15, 0.2) is 42.6 Å². The Labute approximate surface area is 174 Å². The van der Waals surface area contributed by atoms with Crippen LogP contribution in [0, 0.1) is 6.92 Å². The van der Waals surface area contributed by atoms with Crippen molar-refractivity contribution in [2.45, 2.75) is 45.6 Å². The average Bonchev–Trinajstić information content (AvgIpc) is 2.79. The molecular weight excluding hydrogens is 360 g/mol. The molecule has 5 nitrogen and oxygen atoms in total. The van der Waals surface area contributed by atoms with E-state index < -0.39 is 0 Å². The van der Waals surface area contributed by atoms with Gasteiger partial charge >= 0.3 is 0 Å². The number of rotatable bonds is 4. The molecule has 1 amide bonds. The summed E-state index contributed by atoms with van der Waals surface area (Å²) in [5.41, 5.74) is 4.28. The molecule has 154 valence electrons. The lowest BCUT2D eigenvalue weighted by atomic mass is 9.99. The molecule has 2 saturated heterocycles. The van der Waals surface area contributed by atoms with E-state index in [1.165, 1.54) is 17.7 Å². The van der Waals surface area contributed by atoms with E-state index in [4.69, 9.17) is 0 Å². The number of carbonyl (C=O) groups is 1. The summed E-state index contributed by atoms with van der Waals surface area (Å²) in [4.78, 5) is 24.3. The number of aryl methyl sites for hydroxylation is 1. The van der Waals surface area contributed by atoms with Crippen LogP contribution in [0.3, 0.4) is 0 Å². The second-order valence-corrected chi connectivity index (χ2v) is 8.27. The van der Waals surface area contributed by atoms with E-state index in [0.29, 0.717) is 11.7 Å². The fraction of sp³-hybridized carbons (Fsp3) is 0.500. The molecule has 0 aliphatic carbocycles. The van der Waals surface area contributed by atoms with E-state index in [1.807, 2.05) is 17.2 Å². The number of carbonyl (C=O) groups excluding carboxylic acids is 1. The molecule has 0 radical (unpaired) electrons. The van der Waals surface area contributed by atoms with Gasteiger partial charge < -0.3 is 14.7 Å². The van der Waals surface area contributed by atoms with Crippen LogP contribution in [0.5, 0.6) is 0 Å². The number of amides is 1. The first kappa shape index (κ1) is 19.7. The topological polar surface area (TPSA) is 39.7 Å². The maximum atomic E-state index is 12.9. The number of piperidine rings is 1. The lowest BCUT2D eigenvalue weighted by Crippen LogP contribution is -2.46. The predicted octanol–water partition coefficient (Wildman–Crippen LogP) is 4.12. The minimum Gasteiger partial charge on any atom is -0.368 e. The van der Waals surface area contributed by atoms with Crippen molar-refractivity contribution in [2.24, 2.45) is 0 Å². The van der Waals surface area contributed by atoms with Crippen molar-refractivity contribution in [3.8, 4) is 0 Å². The van der Waals surface area contributed by atoms with Crippen LogP contribution in [0.2, 0.25) is 0 Å². The molecular formula is C24H32N4O. The maximum Gasteiger partial charge on any atom is 0.272 e. The standard InChI is InChI=1S/C24H32N4O/c1-3-20-8-4-5-12-28(20)24(29)23-11-10-22(18-25-23)27-15-13-26(14-16-27)21-9-6-7-19(2)17-21/h6-7,9-11,17-18,20H,3-5,8,12-16H2,1-2H3. The van der Waals surface area contributed by atoms with Crippen molar-refractivity contribution in [1.82, 2.24) is 9.88 Å². The Balaban J connectivity index is 1.38. The smallest absolute Gasteiger partial charge is 0.272 e. The van der Waals surface area contributed by atoms with Crippen molar-refractivity contribution < 1.29 is 4.79 Å². The third-order valence-electron chi connectivity index (χ3n) is 6.34. The fourth-order valence-electron chi connectivity index (χ4n) is 4.59. The van der Waals surface area contributed by atoms with Gasteiger partial charge in [-0.15, -0.1) is 0 Å². The van der Waals surface area contributed by atoms with Crippen molar-refractivity contribution in [2.75, 3.05) is 42.5 Å². The molecule has 1 unspecified atom stereocenters. The highest BCUT2D eigenvalue weighted by Gasteiger charge is 2.27. The van der Waals surface area contributed by atoms with E-state index in [1.54, 1.807) is 0 Å². The van der Waals surface area contributed by atoms with E-state index >= 15 is 0 Å². The zero-order valence-electron chi connectivity index (χ0n) is 17.7. The molecule has 0 N–H and O–H groups in total. The summed E-state index contributed by atoms with van der Waals surface area (Å²) in [5.74, 6) is 0.0902. The largest absolute Gasteiger partial charge is 0.368 e. The Kier molecular flexibility index (Phi) is 6.02. The summed E-state index contributed by atoms with van der Waals surface area (Å²) in [7, 11) is 0. The number of hydrogen-bond donors (Lipinski definition) is 0. The Morgan fingerprint density at radius 3 is 2.41 bits per heavy atom. The van der Waals surface area contributed by atoms with Crippen molar-refractivity contribution >= 4 is 17.3 Å². The number of piperazine rings is 1. The lowest BCUT2D eigenvalue weighted by molar-refractivity contribution is 0.0602. The van der Waals surface area contributed by atoms with Gasteiger partial charge in [-0.3, -0.25) is 4.79 Å². The first-order chi connectivity index (χ1) is 14.2. The third-order valence-corrected chi connectivity index (χ3v) is 6.34. The van der Waals surface area contributed by atoms with Crippen LogP contribution in [-0.4, -0.2) is 54.6 Å². The van der Waals surface area contributed by atoms with Gasteiger partial charge in [-0.2, -0.15) is 0 Å². The molecule has 0 saturated carbocycles. The average molecular weight is 393 g/mol. The summed E-state index contributed by atoms with van der Waals surface area (Å²) in [6.45, 7) is 9.10. The third kappa shape index (κ3) is 4.39. The second kappa shape index (κ2) is 8.85.